The van der Waals surface area contributed by atoms with Crippen LogP contribution < -0.4 is 10.6 Å². The lowest BCUT2D eigenvalue weighted by atomic mass is 9.94. The zero-order valence-electron chi connectivity index (χ0n) is 19.0. The number of aromatic carboxylic acids is 1. The summed E-state index contributed by atoms with van der Waals surface area (Å²) in [5.74, 6) is -2.25. The number of nitrogens with one attached hydrogen (secondary N) is 2. The molecule has 4 aromatic rings. The summed E-state index contributed by atoms with van der Waals surface area (Å²) < 4.78 is 5.28. The number of hydrogen-bond donors (Lipinski definition) is 3. The highest BCUT2D eigenvalue weighted by atomic mass is 16.5. The molecule has 10 nitrogen and oxygen atoms in total. The van der Waals surface area contributed by atoms with Gasteiger partial charge in [0.1, 0.15) is 0 Å². The van der Waals surface area contributed by atoms with E-state index in [0.717, 1.165) is 11.6 Å². The molecule has 0 spiro atoms. The van der Waals surface area contributed by atoms with Crippen LogP contribution in [0.1, 0.15) is 44.5 Å². The Bertz CT molecular complexity index is 1660. The molecule has 0 fully saturated rings. The smallest absolute Gasteiger partial charge is 0.337 e. The first-order valence-corrected chi connectivity index (χ1v) is 10.5. The lowest BCUT2D eigenvalue weighted by Gasteiger charge is -2.11. The molecule has 0 saturated carbocycles. The van der Waals surface area contributed by atoms with Crippen molar-refractivity contribution < 1.29 is 24.0 Å². The number of rotatable bonds is 5. The van der Waals surface area contributed by atoms with Crippen molar-refractivity contribution in [3.05, 3.63) is 76.5 Å². The van der Waals surface area contributed by atoms with E-state index in [4.69, 9.17) is 9.78 Å². The van der Waals surface area contributed by atoms with Gasteiger partial charge in [-0.15, -0.1) is 0 Å². The van der Waals surface area contributed by atoms with E-state index in [1.54, 1.807) is 24.3 Å². The third-order valence-electron chi connectivity index (χ3n) is 5.41. The largest absolute Gasteiger partial charge is 0.478 e. The predicted octanol–water partition coefficient (Wildman–Crippen LogP) is 4.46. The molecule has 0 aliphatic rings. The highest BCUT2D eigenvalue weighted by Gasteiger charge is 2.22. The molecule has 3 aromatic carbocycles. The maximum Gasteiger partial charge on any atom is 0.337 e. The fraction of sp³-hybridized carbons (Fsp3) is 0.0769. The molecule has 0 radical (unpaired) electrons. The molecule has 1 aromatic heterocycles. The van der Waals surface area contributed by atoms with Crippen molar-refractivity contribution in [2.45, 2.75) is 13.8 Å². The predicted molar refractivity (Wildman–Crippen MR) is 129 cm³/mol. The fourth-order valence-corrected chi connectivity index (χ4v) is 3.79. The number of hydrogen-bond acceptors (Lipinski definition) is 7. The summed E-state index contributed by atoms with van der Waals surface area (Å²) >= 11 is 0. The normalized spacial score (nSPS) is 10.3. The van der Waals surface area contributed by atoms with Crippen molar-refractivity contribution in [1.29, 1.82) is 10.5 Å². The minimum absolute atomic E-state index is 0.0130. The zero-order valence-corrected chi connectivity index (χ0v) is 19.0. The number of benzene rings is 3. The molecule has 0 atom stereocenters. The Morgan fingerprint density at radius 2 is 1.75 bits per heavy atom. The van der Waals surface area contributed by atoms with Crippen LogP contribution in [0.3, 0.4) is 0 Å². The average Bonchev–Trinajstić information content (AvgIpc) is 3.26. The van der Waals surface area contributed by atoms with Crippen LogP contribution in [0.25, 0.3) is 22.1 Å². The quantitative estimate of drug-likeness (QED) is 0.377. The van der Waals surface area contributed by atoms with Gasteiger partial charge < -0.3 is 20.3 Å². The number of aryl methyl sites for hydroxylation is 1. The number of nitriles is 2. The van der Waals surface area contributed by atoms with E-state index >= 15 is 0 Å². The van der Waals surface area contributed by atoms with Crippen molar-refractivity contribution in [1.82, 2.24) is 5.16 Å². The molecule has 0 unspecified atom stereocenters. The van der Waals surface area contributed by atoms with Crippen LogP contribution in [0.5, 0.6) is 0 Å². The van der Waals surface area contributed by atoms with E-state index in [0.29, 0.717) is 27.8 Å². The Balaban J connectivity index is 1.77. The van der Waals surface area contributed by atoms with E-state index < -0.39 is 11.9 Å². The number of carboxylic acids is 1. The van der Waals surface area contributed by atoms with E-state index in [2.05, 4.69) is 21.9 Å². The van der Waals surface area contributed by atoms with E-state index in [9.17, 15) is 24.8 Å². The number of aromatic nitrogens is 1. The van der Waals surface area contributed by atoms with E-state index in [1.807, 2.05) is 13.0 Å². The Labute approximate surface area is 204 Å². The first-order valence-electron chi connectivity index (χ1n) is 10.5. The maximum atomic E-state index is 13.0. The Kier molecular flexibility index (Phi) is 6.19. The second kappa shape index (κ2) is 9.41. The first kappa shape index (κ1) is 23.7. The summed E-state index contributed by atoms with van der Waals surface area (Å²) in [4.78, 5) is 36.0. The molecule has 2 amide bonds. The lowest BCUT2D eigenvalue weighted by Crippen LogP contribution is -2.15. The third-order valence-corrected chi connectivity index (χ3v) is 5.41. The number of carbonyl (C=O) groups is 3. The molecule has 1 heterocycles. The molecular weight excluding hydrogens is 462 g/mol. The van der Waals surface area contributed by atoms with Gasteiger partial charge in [0.05, 0.1) is 39.9 Å². The number of carbonyl (C=O) groups excluding carboxylic acids is 2. The number of anilines is 2. The molecule has 3 N–H and O–H groups in total. The maximum absolute atomic E-state index is 13.0. The van der Waals surface area contributed by atoms with Crippen LogP contribution in [0, 0.1) is 29.6 Å². The highest BCUT2D eigenvalue weighted by Crippen LogP contribution is 2.33. The molecular formula is C26H17N5O5. The number of carboxylic acid groups (broad SMARTS) is 1. The van der Waals surface area contributed by atoms with Crippen molar-refractivity contribution in [3.63, 3.8) is 0 Å². The SMILES string of the molecule is CC(=O)Nc1ccc(-c2cc3c(C(=O)Nc4ccc(C#N)cc4C(=O)O)noc3cc2C#N)c(C)c1. The topological polar surface area (TPSA) is 169 Å². The minimum Gasteiger partial charge on any atom is -0.478 e. The number of nitrogens with zero attached hydrogens (tertiary/aromatic N) is 3. The van der Waals surface area contributed by atoms with Gasteiger partial charge in [-0.25, -0.2) is 4.79 Å². The molecule has 0 aliphatic heterocycles. The van der Waals surface area contributed by atoms with Gasteiger partial charge in [0.15, 0.2) is 11.3 Å². The van der Waals surface area contributed by atoms with Crippen molar-refractivity contribution >= 4 is 40.1 Å². The molecule has 0 aliphatic carbocycles. The molecule has 36 heavy (non-hydrogen) atoms. The second-order valence-corrected chi connectivity index (χ2v) is 7.88. The van der Waals surface area contributed by atoms with Gasteiger partial charge in [-0.2, -0.15) is 10.5 Å². The van der Waals surface area contributed by atoms with E-state index in [1.165, 1.54) is 25.1 Å². The third kappa shape index (κ3) is 4.47. The number of amides is 2. The van der Waals surface area contributed by atoms with Crippen LogP contribution in [0.15, 0.2) is 53.1 Å². The summed E-state index contributed by atoms with van der Waals surface area (Å²) in [6.45, 7) is 3.23. The lowest BCUT2D eigenvalue weighted by molar-refractivity contribution is -0.114. The molecule has 176 valence electrons. The van der Waals surface area contributed by atoms with Gasteiger partial charge in [-0.3, -0.25) is 9.59 Å². The Hall–Kier alpha value is -5.48. The van der Waals surface area contributed by atoms with Gasteiger partial charge in [0, 0.05) is 24.2 Å². The summed E-state index contributed by atoms with van der Waals surface area (Å²) in [5.41, 5.74) is 2.86. The van der Waals surface area contributed by atoms with Gasteiger partial charge in [0.2, 0.25) is 5.91 Å². The molecule has 0 saturated heterocycles. The average molecular weight is 479 g/mol. The second-order valence-electron chi connectivity index (χ2n) is 7.88. The minimum atomic E-state index is -1.31. The van der Waals surface area contributed by atoms with E-state index in [-0.39, 0.29) is 34.0 Å². The number of fused-ring (bicyclic) bond motifs is 1. The molecule has 0 bridgehead atoms. The molecule has 4 rings (SSSR count). The van der Waals surface area contributed by atoms with Gasteiger partial charge in [0.25, 0.3) is 5.91 Å². The van der Waals surface area contributed by atoms with Crippen LogP contribution in [0.2, 0.25) is 0 Å². The Morgan fingerprint density at radius 1 is 0.972 bits per heavy atom. The first-order chi connectivity index (χ1) is 17.2. The summed E-state index contributed by atoms with van der Waals surface area (Å²) in [6.07, 6.45) is 0. The Morgan fingerprint density at radius 3 is 2.39 bits per heavy atom. The van der Waals surface area contributed by atoms with Crippen molar-refractivity contribution in [3.8, 4) is 23.3 Å². The molecule has 10 heteroatoms. The van der Waals surface area contributed by atoms with Crippen molar-refractivity contribution in [2.24, 2.45) is 0 Å². The summed E-state index contributed by atoms with van der Waals surface area (Å²) in [5, 5.41) is 37.6. The van der Waals surface area contributed by atoms with Crippen LogP contribution in [-0.4, -0.2) is 28.0 Å². The fourth-order valence-electron chi connectivity index (χ4n) is 3.79. The standard InChI is InChI=1S/C26H17N5O5/c1-13-7-17(29-14(2)32)4-5-18(13)19-10-21-23(9-16(19)12-28)36-31-24(21)25(33)30-22-6-3-15(11-27)8-20(22)26(34)35/h3-10H,1-2H3,(H,29,32)(H,30,33)(H,34,35). The summed E-state index contributed by atoms with van der Waals surface area (Å²) in [6, 6.07) is 16.1. The van der Waals surface area contributed by atoms with Gasteiger partial charge in [-0.1, -0.05) is 11.2 Å². The highest BCUT2D eigenvalue weighted by molar-refractivity contribution is 6.13. The van der Waals surface area contributed by atoms with Crippen molar-refractivity contribution in [2.75, 3.05) is 10.6 Å². The van der Waals surface area contributed by atoms with Crippen LogP contribution >= 0.6 is 0 Å². The van der Waals surface area contributed by atoms with Gasteiger partial charge in [-0.05, 0) is 54.4 Å². The zero-order chi connectivity index (χ0) is 26.0. The van der Waals surface area contributed by atoms with Crippen LogP contribution in [0.4, 0.5) is 11.4 Å². The van der Waals surface area contributed by atoms with Crippen LogP contribution in [-0.2, 0) is 4.79 Å². The van der Waals surface area contributed by atoms with Gasteiger partial charge >= 0.3 is 5.97 Å². The summed E-state index contributed by atoms with van der Waals surface area (Å²) in [7, 11) is 0. The monoisotopic (exact) mass is 479 g/mol.